The lowest BCUT2D eigenvalue weighted by molar-refractivity contribution is 0.193. The number of nitrogens with two attached hydrogens (primary N) is 1. The maximum atomic E-state index is 6.03. The molecule has 1 aromatic rings. The van der Waals surface area contributed by atoms with Gasteiger partial charge in [-0.25, -0.2) is 0 Å². The Hall–Kier alpha value is -0.770. The van der Waals surface area contributed by atoms with Crippen LogP contribution in [0.1, 0.15) is 12.0 Å². The van der Waals surface area contributed by atoms with E-state index in [0.29, 0.717) is 12.6 Å². The molecule has 0 radical (unpaired) electrons. The molecule has 1 aliphatic heterocycles. The van der Waals surface area contributed by atoms with Crippen LogP contribution < -0.4 is 10.6 Å². The number of likely N-dealkylation sites (N-methyl/N-ethyl adjacent to an activating group) is 1. The number of rotatable bonds is 3. The lowest BCUT2D eigenvalue weighted by Gasteiger charge is -2.27. The number of anilines is 1. The van der Waals surface area contributed by atoms with Gasteiger partial charge in [0.05, 0.1) is 12.6 Å². The monoisotopic (exact) mass is 240 g/mol. The summed E-state index contributed by atoms with van der Waals surface area (Å²) < 4.78 is 5.40. The second-order valence-electron chi connectivity index (χ2n) is 4.11. The fraction of sp³-hybridized carbons (Fsp3) is 0.500. The Balaban J connectivity index is 2.26. The summed E-state index contributed by atoms with van der Waals surface area (Å²) in [6, 6.07) is 6.28. The van der Waals surface area contributed by atoms with Gasteiger partial charge in [-0.15, -0.1) is 0 Å². The number of halogens is 1. The molecule has 1 fully saturated rings. The van der Waals surface area contributed by atoms with Gasteiger partial charge in [0, 0.05) is 30.9 Å². The fourth-order valence-corrected chi connectivity index (χ4v) is 2.23. The summed E-state index contributed by atoms with van der Waals surface area (Å²) in [5, 5.41) is 0.748. The highest BCUT2D eigenvalue weighted by Crippen LogP contribution is 2.27. The molecule has 0 aromatic heterocycles. The van der Waals surface area contributed by atoms with Crippen molar-refractivity contribution in [3.8, 4) is 0 Å². The maximum absolute atomic E-state index is 6.03. The maximum Gasteiger partial charge on any atom is 0.0670 e. The molecule has 0 bridgehead atoms. The van der Waals surface area contributed by atoms with E-state index >= 15 is 0 Å². The summed E-state index contributed by atoms with van der Waals surface area (Å²) in [6.07, 6.45) is 1.06. The van der Waals surface area contributed by atoms with Crippen molar-refractivity contribution in [1.82, 2.24) is 0 Å². The van der Waals surface area contributed by atoms with E-state index < -0.39 is 0 Å². The van der Waals surface area contributed by atoms with E-state index in [4.69, 9.17) is 22.1 Å². The predicted octanol–water partition coefficient (Wildman–Crippen LogP) is 2.02. The Morgan fingerprint density at radius 1 is 1.56 bits per heavy atom. The first-order valence-electron chi connectivity index (χ1n) is 5.51. The van der Waals surface area contributed by atoms with Crippen molar-refractivity contribution in [3.63, 3.8) is 0 Å². The van der Waals surface area contributed by atoms with Crippen LogP contribution in [-0.4, -0.2) is 26.3 Å². The minimum atomic E-state index is 0.434. The first-order valence-corrected chi connectivity index (χ1v) is 5.89. The van der Waals surface area contributed by atoms with Crippen molar-refractivity contribution in [2.24, 2.45) is 5.73 Å². The van der Waals surface area contributed by atoms with Crippen LogP contribution in [0.15, 0.2) is 18.2 Å². The second-order valence-corrected chi connectivity index (χ2v) is 4.54. The van der Waals surface area contributed by atoms with Crippen LogP contribution >= 0.6 is 11.6 Å². The van der Waals surface area contributed by atoms with Crippen molar-refractivity contribution >= 4 is 17.3 Å². The van der Waals surface area contributed by atoms with Gasteiger partial charge in [0.2, 0.25) is 0 Å². The summed E-state index contributed by atoms with van der Waals surface area (Å²) in [7, 11) is 2.07. The first kappa shape index (κ1) is 11.7. The molecule has 1 aromatic carbocycles. The molecule has 1 atom stereocenters. The third-order valence-electron chi connectivity index (χ3n) is 3.10. The Labute approximate surface area is 101 Å². The summed E-state index contributed by atoms with van der Waals surface area (Å²) in [5.74, 6) is 0. The molecule has 3 nitrogen and oxygen atoms in total. The standard InChI is InChI=1S/C12H17ClN2O/c1-15(11-4-5-16-8-11)12-6-10(13)3-2-9(12)7-14/h2-3,6,11H,4-5,7-8,14H2,1H3. The van der Waals surface area contributed by atoms with Gasteiger partial charge in [-0.1, -0.05) is 17.7 Å². The molecule has 88 valence electrons. The lowest BCUT2D eigenvalue weighted by atomic mass is 10.1. The van der Waals surface area contributed by atoms with Crippen LogP contribution in [0, 0.1) is 0 Å². The highest BCUT2D eigenvalue weighted by molar-refractivity contribution is 6.30. The molecule has 4 heteroatoms. The SMILES string of the molecule is CN(c1cc(Cl)ccc1CN)C1CCOC1. The fourth-order valence-electron chi connectivity index (χ4n) is 2.06. The van der Waals surface area contributed by atoms with Crippen molar-refractivity contribution in [1.29, 1.82) is 0 Å². The summed E-state index contributed by atoms with van der Waals surface area (Å²) in [4.78, 5) is 2.22. The smallest absolute Gasteiger partial charge is 0.0670 e. The Morgan fingerprint density at radius 3 is 3.00 bits per heavy atom. The third-order valence-corrected chi connectivity index (χ3v) is 3.34. The quantitative estimate of drug-likeness (QED) is 0.879. The van der Waals surface area contributed by atoms with E-state index in [9.17, 15) is 0 Å². The number of nitrogens with zero attached hydrogens (tertiary/aromatic N) is 1. The van der Waals surface area contributed by atoms with Crippen molar-refractivity contribution < 1.29 is 4.74 Å². The summed E-state index contributed by atoms with van der Waals surface area (Å²) in [5.41, 5.74) is 7.98. The Morgan fingerprint density at radius 2 is 2.38 bits per heavy atom. The van der Waals surface area contributed by atoms with Crippen LogP contribution in [0.25, 0.3) is 0 Å². The lowest BCUT2D eigenvalue weighted by Crippen LogP contribution is -2.32. The van der Waals surface area contributed by atoms with Crippen LogP contribution in [0.5, 0.6) is 0 Å². The molecule has 1 heterocycles. The highest BCUT2D eigenvalue weighted by Gasteiger charge is 2.22. The van der Waals surface area contributed by atoms with E-state index in [1.54, 1.807) is 0 Å². The van der Waals surface area contributed by atoms with Gasteiger partial charge >= 0.3 is 0 Å². The zero-order valence-corrected chi connectivity index (χ0v) is 10.2. The average molecular weight is 241 g/mol. The van der Waals surface area contributed by atoms with Crippen LogP contribution in [0.4, 0.5) is 5.69 Å². The number of benzene rings is 1. The zero-order valence-electron chi connectivity index (χ0n) is 9.45. The Bertz CT molecular complexity index is 364. The summed E-state index contributed by atoms with van der Waals surface area (Å²) in [6.45, 7) is 2.16. The Kier molecular flexibility index (Phi) is 3.69. The third kappa shape index (κ3) is 2.32. The first-order chi connectivity index (χ1) is 7.72. The van der Waals surface area contributed by atoms with Gasteiger partial charge in [-0.2, -0.15) is 0 Å². The number of hydrogen-bond donors (Lipinski definition) is 1. The predicted molar refractivity (Wildman–Crippen MR) is 67.0 cm³/mol. The van der Waals surface area contributed by atoms with Crippen molar-refractivity contribution in [2.75, 3.05) is 25.2 Å². The van der Waals surface area contributed by atoms with Gasteiger partial charge < -0.3 is 15.4 Å². The van der Waals surface area contributed by atoms with Crippen LogP contribution in [-0.2, 0) is 11.3 Å². The molecular formula is C12H17ClN2O. The molecule has 0 spiro atoms. The molecule has 1 aliphatic rings. The van der Waals surface area contributed by atoms with E-state index in [0.717, 1.165) is 35.9 Å². The number of ether oxygens (including phenoxy) is 1. The topological polar surface area (TPSA) is 38.5 Å². The van der Waals surface area contributed by atoms with Gasteiger partial charge in [-0.05, 0) is 24.1 Å². The summed E-state index contributed by atoms with van der Waals surface area (Å²) >= 11 is 6.03. The molecule has 1 saturated heterocycles. The second kappa shape index (κ2) is 5.04. The normalized spacial score (nSPS) is 20.1. The average Bonchev–Trinajstić information content (AvgIpc) is 2.81. The minimum Gasteiger partial charge on any atom is -0.379 e. The highest BCUT2D eigenvalue weighted by atomic mass is 35.5. The van der Waals surface area contributed by atoms with E-state index in [2.05, 4.69) is 11.9 Å². The molecule has 2 N–H and O–H groups in total. The molecule has 1 unspecified atom stereocenters. The van der Waals surface area contributed by atoms with Gasteiger partial charge in [0.25, 0.3) is 0 Å². The molecular weight excluding hydrogens is 224 g/mol. The minimum absolute atomic E-state index is 0.434. The molecule has 2 rings (SSSR count). The molecule has 0 saturated carbocycles. The number of hydrogen-bond acceptors (Lipinski definition) is 3. The van der Waals surface area contributed by atoms with Gasteiger partial charge in [0.15, 0.2) is 0 Å². The van der Waals surface area contributed by atoms with E-state index in [1.807, 2.05) is 18.2 Å². The van der Waals surface area contributed by atoms with Gasteiger partial charge in [-0.3, -0.25) is 0 Å². The van der Waals surface area contributed by atoms with E-state index in [-0.39, 0.29) is 0 Å². The van der Waals surface area contributed by atoms with Gasteiger partial charge in [0.1, 0.15) is 0 Å². The van der Waals surface area contributed by atoms with Crippen molar-refractivity contribution in [3.05, 3.63) is 28.8 Å². The van der Waals surface area contributed by atoms with Crippen LogP contribution in [0.2, 0.25) is 5.02 Å². The largest absolute Gasteiger partial charge is 0.379 e. The van der Waals surface area contributed by atoms with Crippen molar-refractivity contribution in [2.45, 2.75) is 19.0 Å². The molecule has 16 heavy (non-hydrogen) atoms. The molecule has 0 amide bonds. The van der Waals surface area contributed by atoms with E-state index in [1.165, 1.54) is 0 Å². The van der Waals surface area contributed by atoms with Crippen LogP contribution in [0.3, 0.4) is 0 Å². The zero-order chi connectivity index (χ0) is 11.5. The molecule has 0 aliphatic carbocycles.